The van der Waals surface area contributed by atoms with Gasteiger partial charge < -0.3 is 5.32 Å². The molecule has 0 radical (unpaired) electrons. The van der Waals surface area contributed by atoms with E-state index in [-0.39, 0.29) is 15.5 Å². The number of aryl methyl sites for hydroxylation is 1. The summed E-state index contributed by atoms with van der Waals surface area (Å²) in [4.78, 5) is 12.7. The van der Waals surface area contributed by atoms with Crippen LogP contribution in [0, 0.1) is 6.92 Å². The number of amides is 1. The summed E-state index contributed by atoms with van der Waals surface area (Å²) in [6.45, 7) is 3.27. The number of carbonyl (C=O) groups excluding carboxylic acids is 1. The molecule has 2 aromatic carbocycles. The van der Waals surface area contributed by atoms with Crippen LogP contribution in [-0.2, 0) is 16.6 Å². The molecular formula is C19H21ClN2O3S2. The van der Waals surface area contributed by atoms with Crippen molar-refractivity contribution in [2.24, 2.45) is 0 Å². The predicted molar refractivity (Wildman–Crippen MR) is 110 cm³/mol. The van der Waals surface area contributed by atoms with E-state index < -0.39 is 15.9 Å². The van der Waals surface area contributed by atoms with Crippen LogP contribution in [0.15, 0.2) is 47.4 Å². The van der Waals surface area contributed by atoms with Crippen molar-refractivity contribution in [3.63, 3.8) is 0 Å². The fourth-order valence-corrected chi connectivity index (χ4v) is 5.66. The van der Waals surface area contributed by atoms with Crippen LogP contribution in [0.4, 0.5) is 0 Å². The fourth-order valence-electron chi connectivity index (χ4n) is 2.85. The van der Waals surface area contributed by atoms with Gasteiger partial charge in [0.2, 0.25) is 10.0 Å². The predicted octanol–water partition coefficient (Wildman–Crippen LogP) is 3.32. The lowest BCUT2D eigenvalue weighted by molar-refractivity contribution is 0.0951. The smallest absolute Gasteiger partial charge is 0.253 e. The van der Waals surface area contributed by atoms with Gasteiger partial charge in [0.25, 0.3) is 5.91 Å². The number of benzene rings is 2. The fraction of sp³-hybridized carbons (Fsp3) is 0.316. The summed E-state index contributed by atoms with van der Waals surface area (Å²) in [5, 5.41) is 3.05. The highest BCUT2D eigenvalue weighted by Gasteiger charge is 2.27. The molecule has 1 fully saturated rings. The number of hydrogen-bond donors (Lipinski definition) is 1. The van der Waals surface area contributed by atoms with Gasteiger partial charge in [0.1, 0.15) is 0 Å². The average molecular weight is 425 g/mol. The molecule has 1 heterocycles. The van der Waals surface area contributed by atoms with E-state index in [9.17, 15) is 13.2 Å². The van der Waals surface area contributed by atoms with E-state index in [4.69, 9.17) is 11.6 Å². The molecule has 0 saturated carbocycles. The molecule has 0 unspecified atom stereocenters. The first kappa shape index (κ1) is 20.2. The molecule has 8 heteroatoms. The van der Waals surface area contributed by atoms with Gasteiger partial charge in [-0.05, 0) is 36.2 Å². The van der Waals surface area contributed by atoms with E-state index in [1.807, 2.05) is 31.2 Å². The van der Waals surface area contributed by atoms with Crippen LogP contribution >= 0.6 is 23.4 Å². The first-order valence-electron chi connectivity index (χ1n) is 8.60. The van der Waals surface area contributed by atoms with Gasteiger partial charge in [0, 0.05) is 31.1 Å². The Bertz CT molecular complexity index is 942. The Balaban J connectivity index is 1.80. The second kappa shape index (κ2) is 8.65. The van der Waals surface area contributed by atoms with Crippen molar-refractivity contribution in [3.05, 3.63) is 64.2 Å². The summed E-state index contributed by atoms with van der Waals surface area (Å²) in [5.41, 5.74) is 2.23. The van der Waals surface area contributed by atoms with Crippen molar-refractivity contribution in [3.8, 4) is 0 Å². The zero-order valence-corrected chi connectivity index (χ0v) is 17.3. The third-order valence-electron chi connectivity index (χ3n) is 4.49. The average Bonchev–Trinajstić information content (AvgIpc) is 2.68. The zero-order chi connectivity index (χ0) is 19.4. The molecule has 1 N–H and O–H groups in total. The first-order chi connectivity index (χ1) is 12.9. The van der Waals surface area contributed by atoms with E-state index in [1.54, 1.807) is 11.8 Å². The number of rotatable bonds is 5. The van der Waals surface area contributed by atoms with E-state index in [0.717, 1.165) is 22.6 Å². The molecule has 1 aliphatic rings. The molecule has 1 amide bonds. The van der Waals surface area contributed by atoms with E-state index in [0.29, 0.717) is 19.6 Å². The Morgan fingerprint density at radius 2 is 1.89 bits per heavy atom. The summed E-state index contributed by atoms with van der Waals surface area (Å²) < 4.78 is 27.1. The van der Waals surface area contributed by atoms with E-state index in [2.05, 4.69) is 5.32 Å². The first-order valence-corrected chi connectivity index (χ1v) is 11.6. The standard InChI is InChI=1S/C19H21ClN2O3S2/c1-14-4-2-3-5-15(14)13-21-19(23)17-12-16(6-7-18(17)20)27(24,25)22-8-10-26-11-9-22/h2-7,12H,8-11,13H2,1H3,(H,21,23). The van der Waals surface area contributed by atoms with Crippen LogP contribution in [0.1, 0.15) is 21.5 Å². The zero-order valence-electron chi connectivity index (χ0n) is 14.9. The van der Waals surface area contributed by atoms with Crippen molar-refractivity contribution in [2.75, 3.05) is 24.6 Å². The minimum Gasteiger partial charge on any atom is -0.348 e. The van der Waals surface area contributed by atoms with E-state index in [1.165, 1.54) is 22.5 Å². The van der Waals surface area contributed by atoms with E-state index >= 15 is 0 Å². The molecule has 0 spiro atoms. The molecule has 1 aliphatic heterocycles. The number of carbonyl (C=O) groups is 1. The summed E-state index contributed by atoms with van der Waals surface area (Å²) in [7, 11) is -3.63. The molecule has 5 nitrogen and oxygen atoms in total. The van der Waals surface area contributed by atoms with Gasteiger partial charge in [-0.15, -0.1) is 0 Å². The van der Waals surface area contributed by atoms with Crippen LogP contribution in [0.3, 0.4) is 0 Å². The van der Waals surface area contributed by atoms with Gasteiger partial charge in [-0.3, -0.25) is 4.79 Å². The molecule has 0 bridgehead atoms. The van der Waals surface area contributed by atoms with Gasteiger partial charge in [-0.1, -0.05) is 35.9 Å². The Morgan fingerprint density at radius 3 is 2.59 bits per heavy atom. The minimum atomic E-state index is -3.63. The number of hydrogen-bond acceptors (Lipinski definition) is 4. The van der Waals surface area contributed by atoms with Crippen molar-refractivity contribution < 1.29 is 13.2 Å². The maximum absolute atomic E-state index is 12.8. The minimum absolute atomic E-state index is 0.0971. The number of sulfonamides is 1. The lowest BCUT2D eigenvalue weighted by Crippen LogP contribution is -2.38. The van der Waals surface area contributed by atoms with Gasteiger partial charge in [-0.25, -0.2) is 8.42 Å². The third-order valence-corrected chi connectivity index (χ3v) is 7.66. The second-order valence-electron chi connectivity index (χ2n) is 6.27. The highest BCUT2D eigenvalue weighted by atomic mass is 35.5. The second-order valence-corrected chi connectivity index (χ2v) is 9.84. The summed E-state index contributed by atoms with van der Waals surface area (Å²) in [6.07, 6.45) is 0. The molecule has 2 aromatic rings. The monoisotopic (exact) mass is 424 g/mol. The molecule has 27 heavy (non-hydrogen) atoms. The molecule has 3 rings (SSSR count). The van der Waals surface area contributed by atoms with Crippen molar-refractivity contribution in [1.29, 1.82) is 0 Å². The largest absolute Gasteiger partial charge is 0.348 e. The van der Waals surface area contributed by atoms with Gasteiger partial charge in [0.15, 0.2) is 0 Å². The van der Waals surface area contributed by atoms with Gasteiger partial charge >= 0.3 is 0 Å². The Morgan fingerprint density at radius 1 is 1.19 bits per heavy atom. The molecule has 0 atom stereocenters. The maximum atomic E-state index is 12.8. The van der Waals surface area contributed by atoms with Crippen molar-refractivity contribution >= 4 is 39.3 Å². The quantitative estimate of drug-likeness (QED) is 0.799. The topological polar surface area (TPSA) is 66.5 Å². The number of nitrogens with one attached hydrogen (secondary N) is 1. The molecule has 1 saturated heterocycles. The van der Waals surface area contributed by atoms with Crippen LogP contribution in [0.2, 0.25) is 5.02 Å². The number of nitrogens with zero attached hydrogens (tertiary/aromatic N) is 1. The van der Waals surface area contributed by atoms with Crippen molar-refractivity contribution in [1.82, 2.24) is 9.62 Å². The maximum Gasteiger partial charge on any atom is 0.253 e. The lowest BCUT2D eigenvalue weighted by Gasteiger charge is -2.25. The van der Waals surface area contributed by atoms with Crippen molar-refractivity contribution in [2.45, 2.75) is 18.4 Å². The van der Waals surface area contributed by atoms with Gasteiger partial charge in [0.05, 0.1) is 15.5 Å². The number of thioether (sulfide) groups is 1. The SMILES string of the molecule is Cc1ccccc1CNC(=O)c1cc(S(=O)(=O)N2CCSCC2)ccc1Cl. The lowest BCUT2D eigenvalue weighted by atomic mass is 10.1. The summed E-state index contributed by atoms with van der Waals surface area (Å²) in [5.74, 6) is 1.15. The van der Waals surface area contributed by atoms with Crippen LogP contribution in [0.5, 0.6) is 0 Å². The molecular weight excluding hydrogens is 404 g/mol. The summed E-state index contributed by atoms with van der Waals surface area (Å²) in [6, 6.07) is 12.0. The Hall–Kier alpha value is -1.54. The van der Waals surface area contributed by atoms with Crippen LogP contribution < -0.4 is 5.32 Å². The summed E-state index contributed by atoms with van der Waals surface area (Å²) >= 11 is 7.90. The van der Waals surface area contributed by atoms with Crippen LogP contribution in [-0.4, -0.2) is 43.2 Å². The Kier molecular flexibility index (Phi) is 6.47. The van der Waals surface area contributed by atoms with Crippen LogP contribution in [0.25, 0.3) is 0 Å². The highest BCUT2D eigenvalue weighted by Crippen LogP contribution is 2.25. The normalized spacial score (nSPS) is 15.5. The molecule has 144 valence electrons. The van der Waals surface area contributed by atoms with Gasteiger partial charge in [-0.2, -0.15) is 16.1 Å². The third kappa shape index (κ3) is 4.66. The number of halogens is 1. The molecule has 0 aromatic heterocycles. The Labute approximate surface area is 169 Å². The molecule has 0 aliphatic carbocycles. The highest BCUT2D eigenvalue weighted by molar-refractivity contribution is 7.99.